The molecule has 0 aliphatic carbocycles. The molecule has 1 nitrogen and oxygen atoms in total. The molecule has 30 heavy (non-hydrogen) atoms. The van der Waals surface area contributed by atoms with Crippen molar-refractivity contribution in [3.63, 3.8) is 0 Å². The molecule has 2 unspecified atom stereocenters. The van der Waals surface area contributed by atoms with Gasteiger partial charge in [-0.25, -0.2) is 0 Å². The smallest absolute Gasteiger partial charge is 0.0540 e. The molecular formula is C29H31N. The lowest BCUT2D eigenvalue weighted by atomic mass is 9.86. The number of hydrogen-bond acceptors (Lipinski definition) is 1. The number of nitrogens with zero attached hydrogens (tertiary/aromatic N) is 1. The molecule has 0 aromatic heterocycles. The van der Waals surface area contributed by atoms with Crippen LogP contribution in [-0.2, 0) is 0 Å². The molecule has 0 saturated carbocycles. The molecule has 0 heterocycles. The van der Waals surface area contributed by atoms with Gasteiger partial charge < -0.3 is 4.90 Å². The molecule has 4 rings (SSSR count). The van der Waals surface area contributed by atoms with Crippen LogP contribution in [0.2, 0.25) is 0 Å². The molecule has 0 aliphatic heterocycles. The highest BCUT2D eigenvalue weighted by Gasteiger charge is 2.19. The fourth-order valence-corrected chi connectivity index (χ4v) is 4.27. The highest BCUT2D eigenvalue weighted by Crippen LogP contribution is 2.40. The number of hydrogen-bond donors (Lipinski definition) is 0. The first-order chi connectivity index (χ1) is 14.6. The number of aryl methyl sites for hydroxylation is 1. The van der Waals surface area contributed by atoms with E-state index >= 15 is 0 Å². The SMILES string of the molecule is CCC(C)C(C)c1cc(C)cc(N(c2ccccc2)c2cccc3ccccc23)c1. The molecule has 0 spiro atoms. The second kappa shape index (κ2) is 8.75. The van der Waals surface area contributed by atoms with Gasteiger partial charge in [-0.2, -0.15) is 0 Å². The molecular weight excluding hydrogens is 362 g/mol. The molecule has 0 aliphatic rings. The third kappa shape index (κ3) is 3.98. The largest absolute Gasteiger partial charge is 0.310 e. The number of fused-ring (bicyclic) bond motifs is 1. The van der Waals surface area contributed by atoms with E-state index in [1.165, 1.54) is 45.4 Å². The summed E-state index contributed by atoms with van der Waals surface area (Å²) in [4.78, 5) is 2.40. The van der Waals surface area contributed by atoms with Gasteiger partial charge in [0, 0.05) is 16.8 Å². The summed E-state index contributed by atoms with van der Waals surface area (Å²) in [6.07, 6.45) is 1.19. The molecule has 4 aromatic rings. The van der Waals surface area contributed by atoms with Crippen molar-refractivity contribution in [1.82, 2.24) is 0 Å². The van der Waals surface area contributed by atoms with Crippen LogP contribution in [0.4, 0.5) is 17.1 Å². The van der Waals surface area contributed by atoms with Crippen LogP contribution in [-0.4, -0.2) is 0 Å². The highest BCUT2D eigenvalue weighted by molar-refractivity contribution is 5.98. The maximum absolute atomic E-state index is 2.40. The monoisotopic (exact) mass is 393 g/mol. The lowest BCUT2D eigenvalue weighted by Gasteiger charge is -2.29. The number of anilines is 3. The molecule has 4 aromatic carbocycles. The van der Waals surface area contributed by atoms with E-state index in [-0.39, 0.29) is 0 Å². The van der Waals surface area contributed by atoms with E-state index in [9.17, 15) is 0 Å². The summed E-state index contributed by atoms with van der Waals surface area (Å²) in [6.45, 7) is 9.21. The van der Waals surface area contributed by atoms with Gasteiger partial charge in [-0.15, -0.1) is 0 Å². The predicted octanol–water partition coefficient (Wildman–Crippen LogP) is 8.77. The van der Waals surface area contributed by atoms with E-state index in [1.807, 2.05) is 0 Å². The van der Waals surface area contributed by atoms with Crippen molar-refractivity contribution >= 4 is 27.8 Å². The molecule has 0 saturated heterocycles. The lowest BCUT2D eigenvalue weighted by Crippen LogP contribution is -2.12. The molecule has 152 valence electrons. The molecule has 0 amide bonds. The first-order valence-corrected chi connectivity index (χ1v) is 11.0. The fourth-order valence-electron chi connectivity index (χ4n) is 4.27. The van der Waals surface area contributed by atoms with Crippen molar-refractivity contribution in [2.24, 2.45) is 5.92 Å². The third-order valence-corrected chi connectivity index (χ3v) is 6.39. The zero-order chi connectivity index (χ0) is 21.1. The summed E-state index contributed by atoms with van der Waals surface area (Å²) in [5.41, 5.74) is 6.34. The van der Waals surface area contributed by atoms with Crippen LogP contribution >= 0.6 is 0 Å². The van der Waals surface area contributed by atoms with Gasteiger partial charge in [-0.3, -0.25) is 0 Å². The summed E-state index contributed by atoms with van der Waals surface area (Å²) < 4.78 is 0. The average Bonchev–Trinajstić information content (AvgIpc) is 2.79. The maximum Gasteiger partial charge on any atom is 0.0540 e. The highest BCUT2D eigenvalue weighted by atomic mass is 15.1. The number of benzene rings is 4. The van der Waals surface area contributed by atoms with Crippen molar-refractivity contribution in [1.29, 1.82) is 0 Å². The minimum Gasteiger partial charge on any atom is -0.310 e. The maximum atomic E-state index is 2.40. The van der Waals surface area contributed by atoms with Crippen molar-refractivity contribution in [2.75, 3.05) is 4.90 Å². The van der Waals surface area contributed by atoms with Crippen LogP contribution in [0, 0.1) is 12.8 Å². The Morgan fingerprint density at radius 3 is 2.20 bits per heavy atom. The van der Waals surface area contributed by atoms with Gasteiger partial charge in [0.2, 0.25) is 0 Å². The average molecular weight is 394 g/mol. The lowest BCUT2D eigenvalue weighted by molar-refractivity contribution is 0.473. The standard InChI is InChI=1S/C29H31N/c1-5-22(3)23(4)25-18-21(2)19-27(20-25)30(26-14-7-6-8-15-26)29-17-11-13-24-12-9-10-16-28(24)29/h6-20,22-23H,5H2,1-4H3. The number of rotatable bonds is 6. The second-order valence-corrected chi connectivity index (χ2v) is 8.45. The van der Waals surface area contributed by atoms with Gasteiger partial charge in [0.25, 0.3) is 0 Å². The third-order valence-electron chi connectivity index (χ3n) is 6.39. The van der Waals surface area contributed by atoms with Crippen LogP contribution < -0.4 is 4.90 Å². The van der Waals surface area contributed by atoms with Crippen LogP contribution in [0.15, 0.2) is 91.0 Å². The Hall–Kier alpha value is -3.06. The Kier molecular flexibility index (Phi) is 5.90. The topological polar surface area (TPSA) is 3.24 Å². The molecule has 2 atom stereocenters. The summed E-state index contributed by atoms with van der Waals surface area (Å²) in [5.74, 6) is 1.18. The molecule has 0 fully saturated rings. The van der Waals surface area contributed by atoms with Crippen molar-refractivity contribution < 1.29 is 0 Å². The fraction of sp³-hybridized carbons (Fsp3) is 0.241. The Morgan fingerprint density at radius 2 is 1.43 bits per heavy atom. The summed E-state index contributed by atoms with van der Waals surface area (Å²) >= 11 is 0. The van der Waals surface area contributed by atoms with Crippen molar-refractivity contribution in [3.8, 4) is 0 Å². The van der Waals surface area contributed by atoms with Crippen LogP contribution in [0.3, 0.4) is 0 Å². The van der Waals surface area contributed by atoms with Gasteiger partial charge in [0.05, 0.1) is 5.69 Å². The normalized spacial score (nSPS) is 13.2. The molecule has 1 heteroatoms. The molecule has 0 bridgehead atoms. The van der Waals surface area contributed by atoms with E-state index in [0.29, 0.717) is 11.8 Å². The minimum absolute atomic E-state index is 0.527. The quantitative estimate of drug-likeness (QED) is 0.316. The predicted molar refractivity (Wildman–Crippen MR) is 131 cm³/mol. The van der Waals surface area contributed by atoms with E-state index in [2.05, 4.69) is 124 Å². The Morgan fingerprint density at radius 1 is 0.733 bits per heavy atom. The van der Waals surface area contributed by atoms with Gasteiger partial charge in [0.1, 0.15) is 0 Å². The van der Waals surface area contributed by atoms with Gasteiger partial charge in [0.15, 0.2) is 0 Å². The Balaban J connectivity index is 1.93. The summed E-state index contributed by atoms with van der Waals surface area (Å²) in [7, 11) is 0. The van der Waals surface area contributed by atoms with Crippen molar-refractivity contribution in [3.05, 3.63) is 102 Å². The van der Waals surface area contributed by atoms with Gasteiger partial charge in [-0.05, 0) is 65.6 Å². The van der Waals surface area contributed by atoms with E-state index < -0.39 is 0 Å². The summed E-state index contributed by atoms with van der Waals surface area (Å²) in [6, 6.07) is 33.0. The summed E-state index contributed by atoms with van der Waals surface area (Å²) in [5, 5.41) is 2.53. The zero-order valence-corrected chi connectivity index (χ0v) is 18.5. The first kappa shape index (κ1) is 20.2. The van der Waals surface area contributed by atoms with E-state index in [0.717, 1.165) is 0 Å². The van der Waals surface area contributed by atoms with Crippen LogP contribution in [0.1, 0.15) is 44.2 Å². The van der Waals surface area contributed by atoms with Crippen LogP contribution in [0.25, 0.3) is 10.8 Å². The number of para-hydroxylation sites is 1. The van der Waals surface area contributed by atoms with E-state index in [1.54, 1.807) is 0 Å². The Bertz CT molecular complexity index is 1120. The van der Waals surface area contributed by atoms with Crippen LogP contribution in [0.5, 0.6) is 0 Å². The minimum atomic E-state index is 0.527. The van der Waals surface area contributed by atoms with Crippen molar-refractivity contribution in [2.45, 2.75) is 40.0 Å². The first-order valence-electron chi connectivity index (χ1n) is 11.0. The van der Waals surface area contributed by atoms with E-state index in [4.69, 9.17) is 0 Å². The molecule has 0 N–H and O–H groups in total. The zero-order valence-electron chi connectivity index (χ0n) is 18.5. The molecule has 0 radical (unpaired) electrons. The van der Waals surface area contributed by atoms with Gasteiger partial charge in [-0.1, -0.05) is 87.9 Å². The van der Waals surface area contributed by atoms with Gasteiger partial charge >= 0.3 is 0 Å². The second-order valence-electron chi connectivity index (χ2n) is 8.45. The Labute approximate surface area is 181 Å².